The van der Waals surface area contributed by atoms with Crippen LogP contribution in [0.3, 0.4) is 0 Å². The van der Waals surface area contributed by atoms with Crippen molar-refractivity contribution in [3.63, 3.8) is 0 Å². The predicted molar refractivity (Wildman–Crippen MR) is 115 cm³/mol. The quantitative estimate of drug-likeness (QED) is 0.449. The van der Waals surface area contributed by atoms with E-state index in [-0.39, 0.29) is 5.91 Å². The summed E-state index contributed by atoms with van der Waals surface area (Å²) in [6.07, 6.45) is 5.28. The van der Waals surface area contributed by atoms with E-state index >= 15 is 0 Å². The maximum atomic E-state index is 12.6. The highest BCUT2D eigenvalue weighted by molar-refractivity contribution is 6.05. The molecule has 0 bridgehead atoms. The van der Waals surface area contributed by atoms with Crippen molar-refractivity contribution in [3.05, 3.63) is 89.9 Å². The zero-order chi connectivity index (χ0) is 20.2. The Bertz CT molecular complexity index is 1150. The highest BCUT2D eigenvalue weighted by Crippen LogP contribution is 2.25. The van der Waals surface area contributed by atoms with Gasteiger partial charge in [-0.15, -0.1) is 0 Å². The van der Waals surface area contributed by atoms with Crippen LogP contribution >= 0.6 is 0 Å². The Labute approximate surface area is 169 Å². The second-order valence-electron chi connectivity index (χ2n) is 6.81. The summed E-state index contributed by atoms with van der Waals surface area (Å²) in [5.74, 6) is 0.490. The van der Waals surface area contributed by atoms with E-state index < -0.39 is 0 Å². The molecule has 29 heavy (non-hydrogen) atoms. The highest BCUT2D eigenvalue weighted by atomic mass is 16.1. The summed E-state index contributed by atoms with van der Waals surface area (Å²) in [4.78, 5) is 24.4. The number of aromatic nitrogens is 3. The van der Waals surface area contributed by atoms with E-state index in [9.17, 15) is 4.79 Å². The lowest BCUT2D eigenvalue weighted by atomic mass is 10.1. The standard InChI is InChI=1S/C23H21N5O/c1-15-6-3-4-8-19(15)22(29)26-18-10-9-16(2)20(12-18)27-23-25-14-21(28-23)17-7-5-11-24-13-17/h3-14H,1-2H3,(H,26,29)(H2,25,27,28). The maximum Gasteiger partial charge on any atom is 0.255 e. The topological polar surface area (TPSA) is 82.7 Å². The molecule has 0 unspecified atom stereocenters. The Balaban J connectivity index is 1.53. The normalized spacial score (nSPS) is 10.6. The first-order chi connectivity index (χ1) is 14.1. The minimum atomic E-state index is -0.130. The van der Waals surface area contributed by atoms with E-state index in [2.05, 4.69) is 25.6 Å². The van der Waals surface area contributed by atoms with E-state index in [0.717, 1.165) is 28.1 Å². The van der Waals surface area contributed by atoms with Crippen LogP contribution in [0.25, 0.3) is 11.3 Å². The third kappa shape index (κ3) is 4.16. The van der Waals surface area contributed by atoms with Crippen LogP contribution in [-0.4, -0.2) is 20.9 Å². The van der Waals surface area contributed by atoms with Crippen LogP contribution < -0.4 is 10.6 Å². The first-order valence-electron chi connectivity index (χ1n) is 9.30. The number of hydrogen-bond acceptors (Lipinski definition) is 4. The molecule has 2 aromatic heterocycles. The number of anilines is 3. The van der Waals surface area contributed by atoms with Crippen LogP contribution in [0, 0.1) is 13.8 Å². The van der Waals surface area contributed by atoms with Crippen molar-refractivity contribution in [1.29, 1.82) is 0 Å². The molecule has 0 aliphatic rings. The number of rotatable bonds is 5. The first kappa shape index (κ1) is 18.4. The number of benzene rings is 2. The largest absolute Gasteiger partial charge is 0.325 e. The third-order valence-electron chi connectivity index (χ3n) is 4.69. The Morgan fingerprint density at radius 2 is 1.83 bits per heavy atom. The number of nitrogens with one attached hydrogen (secondary N) is 3. The van der Waals surface area contributed by atoms with Crippen molar-refractivity contribution in [2.24, 2.45) is 0 Å². The molecule has 2 heterocycles. The van der Waals surface area contributed by atoms with Gasteiger partial charge in [-0.1, -0.05) is 24.3 Å². The summed E-state index contributed by atoms with van der Waals surface area (Å²) < 4.78 is 0. The number of H-pyrrole nitrogens is 1. The number of aryl methyl sites for hydroxylation is 2. The van der Waals surface area contributed by atoms with Crippen molar-refractivity contribution in [3.8, 4) is 11.3 Å². The molecule has 0 fully saturated rings. The van der Waals surface area contributed by atoms with Crippen LogP contribution in [0.1, 0.15) is 21.5 Å². The van der Waals surface area contributed by atoms with E-state index in [4.69, 9.17) is 0 Å². The molecular formula is C23H21N5O. The molecule has 4 aromatic rings. The molecule has 0 saturated heterocycles. The Kier molecular flexibility index (Phi) is 5.07. The molecule has 144 valence electrons. The number of hydrogen-bond donors (Lipinski definition) is 3. The minimum Gasteiger partial charge on any atom is -0.325 e. The summed E-state index contributed by atoms with van der Waals surface area (Å²) in [6.45, 7) is 3.92. The first-order valence-corrected chi connectivity index (χ1v) is 9.30. The Morgan fingerprint density at radius 3 is 2.62 bits per heavy atom. The molecule has 0 radical (unpaired) electrons. The molecule has 0 spiro atoms. The van der Waals surface area contributed by atoms with Gasteiger partial charge in [0.05, 0.1) is 11.9 Å². The minimum absolute atomic E-state index is 0.130. The molecule has 2 aromatic carbocycles. The van der Waals surface area contributed by atoms with Crippen LogP contribution in [0.15, 0.2) is 73.2 Å². The summed E-state index contributed by atoms with van der Waals surface area (Å²) >= 11 is 0. The van der Waals surface area contributed by atoms with Crippen LogP contribution in [0.4, 0.5) is 17.3 Å². The van der Waals surface area contributed by atoms with Crippen LogP contribution in [0.5, 0.6) is 0 Å². The van der Waals surface area contributed by atoms with Gasteiger partial charge in [0, 0.05) is 34.9 Å². The van der Waals surface area contributed by atoms with E-state index in [1.54, 1.807) is 18.6 Å². The molecule has 0 aliphatic heterocycles. The second kappa shape index (κ2) is 7.98. The van der Waals surface area contributed by atoms with Crippen molar-refractivity contribution in [1.82, 2.24) is 15.0 Å². The molecular weight excluding hydrogens is 362 g/mol. The Hall–Kier alpha value is -3.93. The average Bonchev–Trinajstić information content (AvgIpc) is 3.20. The molecule has 0 atom stereocenters. The smallest absolute Gasteiger partial charge is 0.255 e. The molecule has 0 aliphatic carbocycles. The monoisotopic (exact) mass is 383 g/mol. The molecule has 4 rings (SSSR count). The van der Waals surface area contributed by atoms with Gasteiger partial charge in [0.1, 0.15) is 0 Å². The molecule has 0 saturated carbocycles. The summed E-state index contributed by atoms with van der Waals surface area (Å²) in [7, 11) is 0. The molecule has 6 nitrogen and oxygen atoms in total. The third-order valence-corrected chi connectivity index (χ3v) is 4.69. The zero-order valence-corrected chi connectivity index (χ0v) is 16.2. The number of aromatic amines is 1. The second-order valence-corrected chi connectivity index (χ2v) is 6.81. The maximum absolute atomic E-state index is 12.6. The van der Waals surface area contributed by atoms with Crippen molar-refractivity contribution >= 4 is 23.2 Å². The zero-order valence-electron chi connectivity index (χ0n) is 16.2. The summed E-state index contributed by atoms with van der Waals surface area (Å²) in [5.41, 5.74) is 6.05. The van der Waals surface area contributed by atoms with Crippen molar-refractivity contribution in [2.75, 3.05) is 10.6 Å². The highest BCUT2D eigenvalue weighted by Gasteiger charge is 2.10. The van der Waals surface area contributed by atoms with E-state index in [0.29, 0.717) is 17.2 Å². The predicted octanol–water partition coefficient (Wildman–Crippen LogP) is 5.08. The fourth-order valence-electron chi connectivity index (χ4n) is 3.04. The van der Waals surface area contributed by atoms with E-state index in [1.165, 1.54) is 0 Å². The van der Waals surface area contributed by atoms with Crippen molar-refractivity contribution in [2.45, 2.75) is 13.8 Å². The Morgan fingerprint density at radius 1 is 0.966 bits per heavy atom. The number of amides is 1. The number of carbonyl (C=O) groups excluding carboxylic acids is 1. The fraction of sp³-hybridized carbons (Fsp3) is 0.0870. The van der Waals surface area contributed by atoms with Crippen molar-refractivity contribution < 1.29 is 4.79 Å². The number of carbonyl (C=O) groups is 1. The molecule has 1 amide bonds. The lowest BCUT2D eigenvalue weighted by molar-refractivity contribution is 0.102. The summed E-state index contributed by atoms with van der Waals surface area (Å²) in [6, 6.07) is 17.1. The average molecular weight is 383 g/mol. The number of imidazole rings is 1. The molecule has 6 heteroatoms. The van der Waals surface area contributed by atoms with Gasteiger partial charge in [-0.05, 0) is 55.3 Å². The van der Waals surface area contributed by atoms with Gasteiger partial charge >= 0.3 is 0 Å². The van der Waals surface area contributed by atoms with Gasteiger partial charge in [-0.3, -0.25) is 9.78 Å². The lowest BCUT2D eigenvalue weighted by Crippen LogP contribution is -2.13. The summed E-state index contributed by atoms with van der Waals surface area (Å²) in [5, 5.41) is 6.25. The van der Waals surface area contributed by atoms with Gasteiger partial charge in [0.25, 0.3) is 5.91 Å². The van der Waals surface area contributed by atoms with Crippen LogP contribution in [0.2, 0.25) is 0 Å². The molecule has 3 N–H and O–H groups in total. The van der Waals surface area contributed by atoms with Crippen LogP contribution in [-0.2, 0) is 0 Å². The van der Waals surface area contributed by atoms with Gasteiger partial charge in [0.2, 0.25) is 5.95 Å². The SMILES string of the molecule is Cc1ccc(NC(=O)c2ccccc2C)cc1Nc1ncc(-c2cccnc2)[nH]1. The van der Waals surface area contributed by atoms with Gasteiger partial charge in [-0.25, -0.2) is 4.98 Å². The lowest BCUT2D eigenvalue weighted by Gasteiger charge is -2.12. The van der Waals surface area contributed by atoms with Gasteiger partial charge in [-0.2, -0.15) is 0 Å². The number of nitrogens with zero attached hydrogens (tertiary/aromatic N) is 2. The fourth-order valence-corrected chi connectivity index (χ4v) is 3.04. The number of pyridine rings is 1. The van der Waals surface area contributed by atoms with Gasteiger partial charge < -0.3 is 15.6 Å². The van der Waals surface area contributed by atoms with Gasteiger partial charge in [0.15, 0.2) is 0 Å². The van der Waals surface area contributed by atoms with E-state index in [1.807, 2.05) is 68.4 Å².